The summed E-state index contributed by atoms with van der Waals surface area (Å²) in [4.78, 5) is 4.13. The Morgan fingerprint density at radius 1 is 1.07 bits per heavy atom. The first-order chi connectivity index (χ1) is 14.1. The summed E-state index contributed by atoms with van der Waals surface area (Å²) < 4.78 is 41.3. The average molecular weight is 535 g/mol. The van der Waals surface area contributed by atoms with Gasteiger partial charge in [0.25, 0.3) is 0 Å². The van der Waals surface area contributed by atoms with E-state index < -0.39 is 6.61 Å². The van der Waals surface area contributed by atoms with Crippen molar-refractivity contribution in [2.24, 2.45) is 4.99 Å². The summed E-state index contributed by atoms with van der Waals surface area (Å²) in [5.41, 5.74) is 1.65. The zero-order valence-corrected chi connectivity index (χ0v) is 19.4. The zero-order valence-electron chi connectivity index (χ0n) is 17.1. The first-order valence-corrected chi connectivity index (χ1v) is 9.39. The molecule has 0 amide bonds. The number of benzene rings is 2. The van der Waals surface area contributed by atoms with E-state index in [1.165, 1.54) is 0 Å². The maximum absolute atomic E-state index is 12.8. The van der Waals surface area contributed by atoms with Crippen molar-refractivity contribution in [3.05, 3.63) is 59.7 Å². The van der Waals surface area contributed by atoms with Gasteiger partial charge < -0.3 is 24.8 Å². The molecule has 0 saturated carbocycles. The fourth-order valence-electron chi connectivity index (χ4n) is 2.60. The predicted molar refractivity (Wildman–Crippen MR) is 124 cm³/mol. The van der Waals surface area contributed by atoms with E-state index in [2.05, 4.69) is 20.4 Å². The molecule has 0 aliphatic rings. The molecule has 0 aromatic heterocycles. The predicted octanol–water partition coefficient (Wildman–Crippen LogP) is 4.19. The molecule has 0 spiro atoms. The second kappa shape index (κ2) is 14.8. The van der Waals surface area contributed by atoms with Gasteiger partial charge in [-0.3, -0.25) is 4.99 Å². The fraction of sp³-hybridized carbons (Fsp3) is 0.381. The van der Waals surface area contributed by atoms with Gasteiger partial charge in [-0.05, 0) is 18.6 Å². The summed E-state index contributed by atoms with van der Waals surface area (Å²) in [6, 6.07) is 14.9. The number of aliphatic imine (C=N–C) groups is 1. The van der Waals surface area contributed by atoms with Crippen LogP contribution < -0.4 is 20.1 Å². The van der Waals surface area contributed by atoms with Crippen LogP contribution in [0.3, 0.4) is 0 Å². The number of guanidine groups is 1. The number of para-hydroxylation sites is 1. The van der Waals surface area contributed by atoms with Gasteiger partial charge in [-0.2, -0.15) is 8.78 Å². The standard InChI is InChI=1S/C21H27F2N3O3.HI/c1-3-28-18-11-7-10-17(19(18)29-20(22)23)14-26-21(24-2)25-12-13-27-15-16-8-5-4-6-9-16;/h4-11,20H,3,12-15H2,1-2H3,(H2,24,25,26);1H. The highest BCUT2D eigenvalue weighted by atomic mass is 127. The third-order valence-electron chi connectivity index (χ3n) is 3.89. The van der Waals surface area contributed by atoms with E-state index in [-0.39, 0.29) is 42.0 Å². The monoisotopic (exact) mass is 535 g/mol. The molecule has 2 aromatic carbocycles. The molecule has 0 radical (unpaired) electrons. The van der Waals surface area contributed by atoms with Crippen LogP contribution in [0.25, 0.3) is 0 Å². The van der Waals surface area contributed by atoms with Crippen molar-refractivity contribution in [2.75, 3.05) is 26.8 Å². The quantitative estimate of drug-likeness (QED) is 0.196. The van der Waals surface area contributed by atoms with Crippen LogP contribution in [0.15, 0.2) is 53.5 Å². The molecule has 166 valence electrons. The molecular weight excluding hydrogens is 507 g/mol. The lowest BCUT2D eigenvalue weighted by Gasteiger charge is -2.17. The first-order valence-electron chi connectivity index (χ1n) is 9.39. The molecule has 0 unspecified atom stereocenters. The summed E-state index contributed by atoms with van der Waals surface area (Å²) in [5, 5.41) is 6.20. The van der Waals surface area contributed by atoms with E-state index in [0.717, 1.165) is 5.56 Å². The molecule has 9 heteroatoms. The minimum absolute atomic E-state index is 0. The second-order valence-electron chi connectivity index (χ2n) is 5.95. The number of ether oxygens (including phenoxy) is 3. The maximum atomic E-state index is 12.8. The van der Waals surface area contributed by atoms with E-state index in [4.69, 9.17) is 9.47 Å². The van der Waals surface area contributed by atoms with Crippen LogP contribution in [0.1, 0.15) is 18.1 Å². The molecule has 0 aliphatic heterocycles. The fourth-order valence-corrected chi connectivity index (χ4v) is 2.60. The number of rotatable bonds is 11. The largest absolute Gasteiger partial charge is 0.490 e. The van der Waals surface area contributed by atoms with Crippen molar-refractivity contribution in [2.45, 2.75) is 26.7 Å². The van der Waals surface area contributed by atoms with Gasteiger partial charge in [0.1, 0.15) is 0 Å². The zero-order chi connectivity index (χ0) is 20.9. The van der Waals surface area contributed by atoms with Crippen LogP contribution in [0.2, 0.25) is 0 Å². The molecular formula is C21H28F2IN3O3. The number of nitrogens with zero attached hydrogens (tertiary/aromatic N) is 1. The Balaban J connectivity index is 0.00000450. The third kappa shape index (κ3) is 9.12. The lowest BCUT2D eigenvalue weighted by atomic mass is 10.2. The molecule has 0 heterocycles. The van der Waals surface area contributed by atoms with Crippen LogP contribution in [0.5, 0.6) is 11.5 Å². The molecule has 0 bridgehead atoms. The minimum Gasteiger partial charge on any atom is -0.490 e. The second-order valence-corrected chi connectivity index (χ2v) is 5.95. The Kier molecular flexibility index (Phi) is 12.8. The lowest BCUT2D eigenvalue weighted by Crippen LogP contribution is -2.38. The molecule has 0 atom stereocenters. The lowest BCUT2D eigenvalue weighted by molar-refractivity contribution is -0.0520. The van der Waals surface area contributed by atoms with E-state index in [1.54, 1.807) is 32.2 Å². The van der Waals surface area contributed by atoms with Crippen LogP contribution in [0, 0.1) is 0 Å². The van der Waals surface area contributed by atoms with E-state index in [0.29, 0.717) is 37.9 Å². The van der Waals surface area contributed by atoms with Crippen molar-refractivity contribution < 1.29 is 23.0 Å². The molecule has 0 saturated heterocycles. The number of hydrogen-bond donors (Lipinski definition) is 2. The Bertz CT molecular complexity index is 764. The highest BCUT2D eigenvalue weighted by Crippen LogP contribution is 2.32. The number of alkyl halides is 2. The van der Waals surface area contributed by atoms with Crippen molar-refractivity contribution in [3.8, 4) is 11.5 Å². The first kappa shape index (κ1) is 25.9. The van der Waals surface area contributed by atoms with Gasteiger partial charge in [0.15, 0.2) is 17.5 Å². The highest BCUT2D eigenvalue weighted by molar-refractivity contribution is 14.0. The Morgan fingerprint density at radius 2 is 1.83 bits per heavy atom. The average Bonchev–Trinajstić information content (AvgIpc) is 2.72. The molecule has 2 N–H and O–H groups in total. The Morgan fingerprint density at radius 3 is 2.50 bits per heavy atom. The molecule has 2 aromatic rings. The number of hydrogen-bond acceptors (Lipinski definition) is 4. The van der Waals surface area contributed by atoms with Crippen molar-refractivity contribution in [1.29, 1.82) is 0 Å². The maximum Gasteiger partial charge on any atom is 0.387 e. The summed E-state index contributed by atoms with van der Waals surface area (Å²) in [7, 11) is 1.63. The van der Waals surface area contributed by atoms with Gasteiger partial charge in [-0.1, -0.05) is 42.5 Å². The summed E-state index contributed by atoms with van der Waals surface area (Å²) >= 11 is 0. The molecule has 0 aliphatic carbocycles. The highest BCUT2D eigenvalue weighted by Gasteiger charge is 2.15. The molecule has 6 nitrogen and oxygen atoms in total. The van der Waals surface area contributed by atoms with Crippen LogP contribution in [0.4, 0.5) is 8.78 Å². The van der Waals surface area contributed by atoms with Crippen molar-refractivity contribution >= 4 is 29.9 Å². The topological polar surface area (TPSA) is 64.1 Å². The minimum atomic E-state index is -2.94. The molecule has 2 rings (SSSR count). The van der Waals surface area contributed by atoms with Gasteiger partial charge in [-0.25, -0.2) is 0 Å². The van der Waals surface area contributed by atoms with E-state index in [9.17, 15) is 8.78 Å². The van der Waals surface area contributed by atoms with Crippen molar-refractivity contribution in [1.82, 2.24) is 10.6 Å². The van der Waals surface area contributed by atoms with Gasteiger partial charge in [-0.15, -0.1) is 24.0 Å². The molecule has 30 heavy (non-hydrogen) atoms. The Hall–Kier alpha value is -2.14. The van der Waals surface area contributed by atoms with Gasteiger partial charge >= 0.3 is 6.61 Å². The number of halogens is 3. The van der Waals surface area contributed by atoms with Crippen LogP contribution in [-0.2, 0) is 17.9 Å². The normalized spacial score (nSPS) is 11.0. The van der Waals surface area contributed by atoms with Gasteiger partial charge in [0.05, 0.1) is 19.8 Å². The van der Waals surface area contributed by atoms with Crippen LogP contribution in [-0.4, -0.2) is 39.4 Å². The van der Waals surface area contributed by atoms with Crippen LogP contribution >= 0.6 is 24.0 Å². The Labute approximate surface area is 193 Å². The van der Waals surface area contributed by atoms with Crippen molar-refractivity contribution in [3.63, 3.8) is 0 Å². The summed E-state index contributed by atoms with van der Waals surface area (Å²) in [5.74, 6) is 0.834. The smallest absolute Gasteiger partial charge is 0.387 e. The SMILES string of the molecule is CCOc1cccc(CNC(=NC)NCCOCc2ccccc2)c1OC(F)F.I. The van der Waals surface area contributed by atoms with Gasteiger partial charge in [0.2, 0.25) is 0 Å². The third-order valence-corrected chi connectivity index (χ3v) is 3.89. The summed E-state index contributed by atoms with van der Waals surface area (Å²) in [6.45, 7) is 1.02. The summed E-state index contributed by atoms with van der Waals surface area (Å²) in [6.07, 6.45) is 0. The van der Waals surface area contributed by atoms with E-state index >= 15 is 0 Å². The number of nitrogens with one attached hydrogen (secondary N) is 2. The van der Waals surface area contributed by atoms with Gasteiger partial charge in [0, 0.05) is 25.7 Å². The van der Waals surface area contributed by atoms with E-state index in [1.807, 2.05) is 30.3 Å². The molecule has 0 fully saturated rings.